The lowest BCUT2D eigenvalue weighted by molar-refractivity contribution is 0.364. The maximum absolute atomic E-state index is 9.32. The SMILES string of the molecule is CC1CC2CCC(C1)N2c1ccc(C#N)c2ccccc12. The number of benzene rings is 2. The second kappa shape index (κ2) is 4.77. The number of anilines is 1. The molecule has 2 saturated heterocycles. The fraction of sp³-hybridized carbons (Fsp3) is 0.421. The van der Waals surface area contributed by atoms with Gasteiger partial charge in [-0.15, -0.1) is 0 Å². The van der Waals surface area contributed by atoms with Gasteiger partial charge >= 0.3 is 0 Å². The first-order valence-electron chi connectivity index (χ1n) is 7.98. The molecular formula is C19H20N2. The van der Waals surface area contributed by atoms with Crippen molar-refractivity contribution in [3.63, 3.8) is 0 Å². The summed E-state index contributed by atoms with van der Waals surface area (Å²) in [5, 5.41) is 11.7. The van der Waals surface area contributed by atoms with E-state index >= 15 is 0 Å². The molecule has 0 N–H and O–H groups in total. The van der Waals surface area contributed by atoms with Gasteiger partial charge in [0.15, 0.2) is 0 Å². The zero-order valence-electron chi connectivity index (χ0n) is 12.4. The summed E-state index contributed by atoms with van der Waals surface area (Å²) in [5.74, 6) is 0.850. The summed E-state index contributed by atoms with van der Waals surface area (Å²) in [7, 11) is 0. The van der Waals surface area contributed by atoms with Crippen molar-refractivity contribution in [2.24, 2.45) is 5.92 Å². The molecular weight excluding hydrogens is 256 g/mol. The van der Waals surface area contributed by atoms with Crippen LogP contribution in [0.4, 0.5) is 5.69 Å². The Labute approximate surface area is 126 Å². The minimum Gasteiger partial charge on any atom is -0.365 e. The van der Waals surface area contributed by atoms with Crippen molar-refractivity contribution in [1.29, 1.82) is 5.26 Å². The van der Waals surface area contributed by atoms with Crippen molar-refractivity contribution < 1.29 is 0 Å². The molecule has 2 aliphatic heterocycles. The predicted molar refractivity (Wildman–Crippen MR) is 86.4 cm³/mol. The maximum atomic E-state index is 9.32. The highest BCUT2D eigenvalue weighted by Crippen LogP contribution is 2.43. The molecule has 2 heteroatoms. The molecule has 2 heterocycles. The standard InChI is InChI=1S/C19H20N2/c1-13-10-15-7-8-16(11-13)21(15)19-9-6-14(12-20)17-4-2-3-5-18(17)19/h2-6,9,13,15-16H,7-8,10-11H2,1H3. The fourth-order valence-corrected chi connectivity index (χ4v) is 4.45. The first kappa shape index (κ1) is 12.7. The van der Waals surface area contributed by atoms with Gasteiger partial charge in [0, 0.05) is 28.5 Å². The van der Waals surface area contributed by atoms with Gasteiger partial charge in [-0.1, -0.05) is 31.2 Å². The monoisotopic (exact) mass is 276 g/mol. The van der Waals surface area contributed by atoms with Gasteiger partial charge in [0.1, 0.15) is 0 Å². The second-order valence-corrected chi connectivity index (χ2v) is 6.66. The Balaban J connectivity index is 1.87. The number of fused-ring (bicyclic) bond motifs is 3. The van der Waals surface area contributed by atoms with Crippen LogP contribution in [0.15, 0.2) is 36.4 Å². The van der Waals surface area contributed by atoms with Gasteiger partial charge in [-0.3, -0.25) is 0 Å². The van der Waals surface area contributed by atoms with Crippen LogP contribution >= 0.6 is 0 Å². The van der Waals surface area contributed by atoms with Crippen molar-refractivity contribution in [2.45, 2.75) is 44.7 Å². The average molecular weight is 276 g/mol. The van der Waals surface area contributed by atoms with E-state index in [0.29, 0.717) is 12.1 Å². The molecule has 2 unspecified atom stereocenters. The van der Waals surface area contributed by atoms with Crippen LogP contribution in [0, 0.1) is 17.2 Å². The minimum absolute atomic E-state index is 0.690. The number of nitrogens with zero attached hydrogens (tertiary/aromatic N) is 2. The van der Waals surface area contributed by atoms with E-state index in [9.17, 15) is 5.26 Å². The summed E-state index contributed by atoms with van der Waals surface area (Å²) < 4.78 is 0. The Morgan fingerprint density at radius 3 is 2.33 bits per heavy atom. The Morgan fingerprint density at radius 2 is 1.67 bits per heavy atom. The summed E-state index contributed by atoms with van der Waals surface area (Å²) in [6, 6.07) is 16.2. The van der Waals surface area contributed by atoms with E-state index < -0.39 is 0 Å². The molecule has 21 heavy (non-hydrogen) atoms. The normalized spacial score (nSPS) is 27.8. The Bertz CT molecular complexity index is 714. The van der Waals surface area contributed by atoms with E-state index in [1.54, 1.807) is 0 Å². The van der Waals surface area contributed by atoms with Gasteiger partial charge in [0.25, 0.3) is 0 Å². The fourth-order valence-electron chi connectivity index (χ4n) is 4.45. The first-order valence-corrected chi connectivity index (χ1v) is 7.98. The summed E-state index contributed by atoms with van der Waals surface area (Å²) in [6.07, 6.45) is 5.27. The Morgan fingerprint density at radius 1 is 1.00 bits per heavy atom. The van der Waals surface area contributed by atoms with E-state index in [1.165, 1.54) is 36.8 Å². The molecule has 0 aromatic heterocycles. The molecule has 0 radical (unpaired) electrons. The van der Waals surface area contributed by atoms with Gasteiger partial charge in [-0.05, 0) is 43.7 Å². The van der Waals surface area contributed by atoms with E-state index in [1.807, 2.05) is 12.1 Å². The molecule has 106 valence electrons. The van der Waals surface area contributed by atoms with Crippen LogP contribution in [-0.2, 0) is 0 Å². The Kier molecular flexibility index (Phi) is 2.89. The van der Waals surface area contributed by atoms with Crippen LogP contribution in [-0.4, -0.2) is 12.1 Å². The zero-order valence-corrected chi connectivity index (χ0v) is 12.4. The lowest BCUT2D eigenvalue weighted by atomic mass is 9.91. The van der Waals surface area contributed by atoms with Crippen molar-refractivity contribution >= 4 is 16.5 Å². The molecule has 4 rings (SSSR count). The zero-order chi connectivity index (χ0) is 14.4. The predicted octanol–water partition coefficient (Wildman–Crippen LogP) is 4.48. The molecule has 0 amide bonds. The lowest BCUT2D eigenvalue weighted by Gasteiger charge is -2.40. The van der Waals surface area contributed by atoms with Crippen LogP contribution in [0.3, 0.4) is 0 Å². The van der Waals surface area contributed by atoms with Crippen molar-refractivity contribution in [2.75, 3.05) is 4.90 Å². The summed E-state index contributed by atoms with van der Waals surface area (Å²) >= 11 is 0. The van der Waals surface area contributed by atoms with Crippen molar-refractivity contribution in [1.82, 2.24) is 0 Å². The lowest BCUT2D eigenvalue weighted by Crippen LogP contribution is -2.42. The molecule has 2 aliphatic rings. The first-order chi connectivity index (χ1) is 10.3. The third-order valence-corrected chi connectivity index (χ3v) is 5.27. The summed E-state index contributed by atoms with van der Waals surface area (Å²) in [4.78, 5) is 2.66. The highest BCUT2D eigenvalue weighted by Gasteiger charge is 2.39. The van der Waals surface area contributed by atoms with E-state index in [4.69, 9.17) is 0 Å². The van der Waals surface area contributed by atoms with E-state index in [-0.39, 0.29) is 0 Å². The van der Waals surface area contributed by atoms with Gasteiger partial charge in [-0.2, -0.15) is 5.26 Å². The topological polar surface area (TPSA) is 27.0 Å². The van der Waals surface area contributed by atoms with Crippen LogP contribution in [0.2, 0.25) is 0 Å². The Hall–Kier alpha value is -2.01. The third-order valence-electron chi connectivity index (χ3n) is 5.27. The van der Waals surface area contributed by atoms with E-state index in [0.717, 1.165) is 16.9 Å². The quantitative estimate of drug-likeness (QED) is 0.768. The largest absolute Gasteiger partial charge is 0.365 e. The van der Waals surface area contributed by atoms with Crippen molar-refractivity contribution in [3.8, 4) is 6.07 Å². The molecule has 2 aromatic rings. The van der Waals surface area contributed by atoms with Crippen LogP contribution in [0.5, 0.6) is 0 Å². The molecule has 2 nitrogen and oxygen atoms in total. The molecule has 0 spiro atoms. The van der Waals surface area contributed by atoms with Gasteiger partial charge in [-0.25, -0.2) is 0 Å². The van der Waals surface area contributed by atoms with Crippen LogP contribution in [0.25, 0.3) is 10.8 Å². The molecule has 2 fully saturated rings. The third kappa shape index (κ3) is 1.92. The van der Waals surface area contributed by atoms with Crippen LogP contribution in [0.1, 0.15) is 38.2 Å². The minimum atomic E-state index is 0.690. The second-order valence-electron chi connectivity index (χ2n) is 6.66. The molecule has 2 bridgehead atoms. The average Bonchev–Trinajstić information content (AvgIpc) is 2.77. The van der Waals surface area contributed by atoms with Gasteiger partial charge < -0.3 is 4.90 Å². The number of hydrogen-bond donors (Lipinski definition) is 0. The molecule has 0 aliphatic carbocycles. The number of rotatable bonds is 1. The number of piperidine rings is 1. The van der Waals surface area contributed by atoms with Gasteiger partial charge in [0.05, 0.1) is 11.6 Å². The number of nitriles is 1. The highest BCUT2D eigenvalue weighted by atomic mass is 15.2. The van der Waals surface area contributed by atoms with E-state index in [2.05, 4.69) is 42.2 Å². The molecule has 2 atom stereocenters. The number of hydrogen-bond acceptors (Lipinski definition) is 2. The highest BCUT2D eigenvalue weighted by molar-refractivity contribution is 5.98. The molecule has 0 saturated carbocycles. The summed E-state index contributed by atoms with van der Waals surface area (Å²) in [6.45, 7) is 2.39. The smallest absolute Gasteiger partial charge is 0.0998 e. The molecule has 2 aromatic carbocycles. The van der Waals surface area contributed by atoms with Crippen molar-refractivity contribution in [3.05, 3.63) is 42.0 Å². The maximum Gasteiger partial charge on any atom is 0.0998 e. The summed E-state index contributed by atoms with van der Waals surface area (Å²) in [5.41, 5.74) is 2.12. The van der Waals surface area contributed by atoms with Crippen LogP contribution < -0.4 is 4.90 Å². The van der Waals surface area contributed by atoms with Gasteiger partial charge in [0.2, 0.25) is 0 Å².